The minimum atomic E-state index is 0.235. The van der Waals surface area contributed by atoms with Crippen LogP contribution < -0.4 is 0 Å². The predicted octanol–water partition coefficient (Wildman–Crippen LogP) is 9.79. The van der Waals surface area contributed by atoms with Crippen molar-refractivity contribution in [2.45, 2.75) is 104 Å². The smallest absolute Gasteiger partial charge is 0.150 e. The molecule has 0 unspecified atom stereocenters. The summed E-state index contributed by atoms with van der Waals surface area (Å²) in [5, 5.41) is 0. The van der Waals surface area contributed by atoms with Gasteiger partial charge < -0.3 is 14.2 Å². The number of hydrogen-bond acceptors (Lipinski definition) is 3. The molecule has 0 aliphatic carbocycles. The van der Waals surface area contributed by atoms with Crippen molar-refractivity contribution >= 4 is 0 Å². The fraction of sp³-hybridized carbons (Fsp3) is 0.625. The van der Waals surface area contributed by atoms with Crippen LogP contribution in [0.2, 0.25) is 0 Å². The number of hydrogen-bond donors (Lipinski definition) is 0. The summed E-state index contributed by atoms with van der Waals surface area (Å²) >= 11 is 0. The highest BCUT2D eigenvalue weighted by molar-refractivity contribution is 5.11. The zero-order valence-electron chi connectivity index (χ0n) is 22.9. The van der Waals surface area contributed by atoms with Crippen LogP contribution >= 0.6 is 0 Å². The van der Waals surface area contributed by atoms with Gasteiger partial charge in [0.1, 0.15) is 13.6 Å². The first-order valence-electron chi connectivity index (χ1n) is 14.1. The second-order valence-electron chi connectivity index (χ2n) is 8.78. The van der Waals surface area contributed by atoms with Crippen LogP contribution in [-0.2, 0) is 14.2 Å². The first kappa shape index (κ1) is 33.3. The van der Waals surface area contributed by atoms with Gasteiger partial charge in [0.15, 0.2) is 0 Å². The van der Waals surface area contributed by atoms with E-state index in [2.05, 4.69) is 50.3 Å². The van der Waals surface area contributed by atoms with E-state index in [-0.39, 0.29) is 13.6 Å². The Bertz CT molecular complexity index is 519. The van der Waals surface area contributed by atoms with E-state index in [1.54, 1.807) is 0 Å². The largest absolute Gasteiger partial charge is 0.351 e. The van der Waals surface area contributed by atoms with E-state index in [9.17, 15) is 0 Å². The molecular weight excluding hydrogens is 432 g/mol. The lowest BCUT2D eigenvalue weighted by atomic mass is 10.1. The predicted molar refractivity (Wildman–Crippen MR) is 154 cm³/mol. The maximum Gasteiger partial charge on any atom is 0.150 e. The summed E-state index contributed by atoms with van der Waals surface area (Å²) in [5.41, 5.74) is 0. The van der Waals surface area contributed by atoms with Gasteiger partial charge in [-0.3, -0.25) is 0 Å². The molecule has 0 amide bonds. The zero-order valence-corrected chi connectivity index (χ0v) is 22.9. The van der Waals surface area contributed by atoms with E-state index in [1.807, 2.05) is 36.5 Å². The van der Waals surface area contributed by atoms with Crippen LogP contribution in [0.15, 0.2) is 72.9 Å². The second kappa shape index (κ2) is 32.3. The molecule has 0 aromatic carbocycles. The molecule has 0 fully saturated rings. The van der Waals surface area contributed by atoms with Gasteiger partial charge >= 0.3 is 0 Å². The molecule has 0 saturated heterocycles. The van der Waals surface area contributed by atoms with Crippen LogP contribution in [0.25, 0.3) is 0 Å². The van der Waals surface area contributed by atoms with Crippen LogP contribution in [0.5, 0.6) is 0 Å². The summed E-state index contributed by atoms with van der Waals surface area (Å²) in [4.78, 5) is 0. The third-order valence-corrected chi connectivity index (χ3v) is 5.42. The summed E-state index contributed by atoms with van der Waals surface area (Å²) in [6, 6.07) is 0. The van der Waals surface area contributed by atoms with Crippen molar-refractivity contribution < 1.29 is 14.2 Å². The van der Waals surface area contributed by atoms with Gasteiger partial charge in [-0.15, -0.1) is 0 Å². The van der Waals surface area contributed by atoms with E-state index >= 15 is 0 Å². The fourth-order valence-electron chi connectivity index (χ4n) is 3.34. The molecule has 0 radical (unpaired) electrons. The topological polar surface area (TPSA) is 27.7 Å². The zero-order chi connectivity index (χ0) is 25.3. The van der Waals surface area contributed by atoms with Crippen molar-refractivity contribution in [3.8, 4) is 0 Å². The third-order valence-electron chi connectivity index (χ3n) is 5.42. The van der Waals surface area contributed by atoms with Crippen molar-refractivity contribution in [2.75, 3.05) is 26.8 Å². The summed E-state index contributed by atoms with van der Waals surface area (Å²) < 4.78 is 16.1. The van der Waals surface area contributed by atoms with Gasteiger partial charge in [0.2, 0.25) is 0 Å². The van der Waals surface area contributed by atoms with Crippen LogP contribution in [0.1, 0.15) is 104 Å². The molecule has 0 aromatic heterocycles. The molecule has 0 bridgehead atoms. The average Bonchev–Trinajstić information content (AvgIpc) is 2.87. The molecule has 0 aliphatic rings. The Labute approximate surface area is 217 Å². The Morgan fingerprint density at radius 1 is 0.371 bits per heavy atom. The van der Waals surface area contributed by atoms with Gasteiger partial charge in [-0.2, -0.15) is 0 Å². The van der Waals surface area contributed by atoms with E-state index < -0.39 is 0 Å². The van der Waals surface area contributed by atoms with Gasteiger partial charge in [0.05, 0.1) is 13.2 Å². The lowest BCUT2D eigenvalue weighted by Gasteiger charge is -2.03. The molecular formula is C32H54O3. The Morgan fingerprint density at radius 3 is 1.17 bits per heavy atom. The lowest BCUT2D eigenvalue weighted by molar-refractivity contribution is -0.121. The standard InChI is InChI=1S/C32H54O3/c1-3-5-7-9-11-13-15-17-19-21-23-25-27-29-33-31-35-32-34-30-28-26-24-22-20-18-16-14-12-10-8-6-4-2/h17-28H,3-16,29-32H2,1-2H3/b19-17+,20-18+,23-21+,24-22+,27-25+,28-26+. The highest BCUT2D eigenvalue weighted by Crippen LogP contribution is 2.08. The summed E-state index contributed by atoms with van der Waals surface area (Å²) in [7, 11) is 0. The Balaban J connectivity index is 3.37. The fourth-order valence-corrected chi connectivity index (χ4v) is 3.34. The van der Waals surface area contributed by atoms with Crippen LogP contribution in [0.4, 0.5) is 0 Å². The minimum absolute atomic E-state index is 0.235. The van der Waals surface area contributed by atoms with Crippen molar-refractivity contribution in [2.24, 2.45) is 0 Å². The number of allylic oxidation sites excluding steroid dienone is 10. The average molecular weight is 487 g/mol. The summed E-state index contributed by atoms with van der Waals surface area (Å²) in [6.45, 7) is 6.05. The molecule has 0 spiro atoms. The molecule has 0 heterocycles. The summed E-state index contributed by atoms with van der Waals surface area (Å²) in [6.07, 6.45) is 43.4. The molecule has 0 aromatic rings. The normalized spacial score (nSPS) is 12.9. The first-order chi connectivity index (χ1) is 17.4. The molecule has 3 heteroatoms. The molecule has 0 N–H and O–H groups in total. The van der Waals surface area contributed by atoms with E-state index in [1.165, 1.54) is 89.9 Å². The van der Waals surface area contributed by atoms with Crippen molar-refractivity contribution in [3.63, 3.8) is 0 Å². The minimum Gasteiger partial charge on any atom is -0.351 e. The van der Waals surface area contributed by atoms with Gasteiger partial charge in [-0.05, 0) is 25.7 Å². The molecule has 0 aliphatic heterocycles. The maximum atomic E-state index is 5.38. The van der Waals surface area contributed by atoms with Crippen LogP contribution in [0.3, 0.4) is 0 Å². The maximum absolute atomic E-state index is 5.38. The van der Waals surface area contributed by atoms with Crippen molar-refractivity contribution in [3.05, 3.63) is 72.9 Å². The third kappa shape index (κ3) is 32.3. The Hall–Kier alpha value is -1.68. The molecule has 0 atom stereocenters. The second-order valence-corrected chi connectivity index (χ2v) is 8.78. The first-order valence-corrected chi connectivity index (χ1v) is 14.1. The highest BCUT2D eigenvalue weighted by Gasteiger charge is 1.89. The van der Waals surface area contributed by atoms with Crippen LogP contribution in [0, 0.1) is 0 Å². The molecule has 200 valence electrons. The van der Waals surface area contributed by atoms with Gasteiger partial charge in [0, 0.05) is 0 Å². The molecule has 3 nitrogen and oxygen atoms in total. The van der Waals surface area contributed by atoms with Crippen LogP contribution in [-0.4, -0.2) is 26.8 Å². The van der Waals surface area contributed by atoms with Gasteiger partial charge in [-0.1, -0.05) is 151 Å². The van der Waals surface area contributed by atoms with Crippen molar-refractivity contribution in [1.29, 1.82) is 0 Å². The van der Waals surface area contributed by atoms with Gasteiger partial charge in [0.25, 0.3) is 0 Å². The quantitative estimate of drug-likeness (QED) is 0.0691. The van der Waals surface area contributed by atoms with E-state index in [0.29, 0.717) is 13.2 Å². The molecule has 0 rings (SSSR count). The van der Waals surface area contributed by atoms with Crippen molar-refractivity contribution in [1.82, 2.24) is 0 Å². The number of unbranched alkanes of at least 4 members (excludes halogenated alkanes) is 12. The Kier molecular flexibility index (Phi) is 30.8. The van der Waals surface area contributed by atoms with Gasteiger partial charge in [-0.25, -0.2) is 0 Å². The number of rotatable bonds is 26. The monoisotopic (exact) mass is 486 g/mol. The summed E-state index contributed by atoms with van der Waals surface area (Å²) in [5.74, 6) is 0. The highest BCUT2D eigenvalue weighted by atomic mass is 16.7. The SMILES string of the molecule is CCCCCCCC/C=C/C=C/C=C/COCOCOC/C=C/C=C/C=C/CCCCCCCC. The number of ether oxygens (including phenoxy) is 3. The lowest BCUT2D eigenvalue weighted by Crippen LogP contribution is -2.04. The molecule has 0 saturated carbocycles. The molecule has 35 heavy (non-hydrogen) atoms. The van der Waals surface area contributed by atoms with E-state index in [0.717, 1.165) is 0 Å². The Morgan fingerprint density at radius 2 is 0.743 bits per heavy atom. The van der Waals surface area contributed by atoms with E-state index in [4.69, 9.17) is 14.2 Å².